The maximum absolute atomic E-state index is 12.5. The third-order valence-electron chi connectivity index (χ3n) is 3.60. The van der Waals surface area contributed by atoms with E-state index in [1.165, 1.54) is 11.3 Å². The summed E-state index contributed by atoms with van der Waals surface area (Å²) >= 11 is 6.64. The van der Waals surface area contributed by atoms with Crippen molar-refractivity contribution >= 4 is 29.5 Å². The smallest absolute Gasteiger partial charge is 0.228 e. The van der Waals surface area contributed by atoms with Gasteiger partial charge in [-0.25, -0.2) is 0 Å². The molecule has 1 aliphatic heterocycles. The number of aryl methyl sites for hydroxylation is 1. The number of likely N-dealkylation sites (N-methyl/N-ethyl adjacent to an activating group) is 1. The number of carbonyl (C=O) groups is 1. The van der Waals surface area contributed by atoms with Crippen molar-refractivity contribution in [2.75, 3.05) is 26.7 Å². The van der Waals surface area contributed by atoms with E-state index >= 15 is 0 Å². The first-order valence-corrected chi connectivity index (χ1v) is 7.86. The first kappa shape index (κ1) is 14.7. The van der Waals surface area contributed by atoms with Crippen LogP contribution >= 0.6 is 23.6 Å². The van der Waals surface area contributed by atoms with Crippen molar-refractivity contribution in [2.45, 2.75) is 32.7 Å². The molecular weight excluding hydrogens is 278 g/mol. The minimum Gasteiger partial charge on any atom is -0.341 e. The summed E-state index contributed by atoms with van der Waals surface area (Å²) < 4.78 is 0.754. The van der Waals surface area contributed by atoms with Gasteiger partial charge in [-0.1, -0.05) is 0 Å². The lowest BCUT2D eigenvalue weighted by atomic mass is 10.2. The van der Waals surface area contributed by atoms with Crippen LogP contribution in [-0.2, 0) is 11.2 Å². The van der Waals surface area contributed by atoms with E-state index in [0.29, 0.717) is 6.42 Å². The molecule has 0 spiro atoms. The number of H-pyrrole nitrogens is 1. The molecule has 6 heteroatoms. The van der Waals surface area contributed by atoms with Gasteiger partial charge in [0, 0.05) is 29.7 Å². The molecule has 0 bridgehead atoms. The van der Waals surface area contributed by atoms with Crippen LogP contribution in [0.3, 0.4) is 0 Å². The van der Waals surface area contributed by atoms with Gasteiger partial charge in [-0.15, -0.1) is 11.3 Å². The number of aromatic nitrogens is 1. The van der Waals surface area contributed by atoms with E-state index < -0.39 is 0 Å². The highest BCUT2D eigenvalue weighted by Crippen LogP contribution is 2.18. The zero-order valence-corrected chi connectivity index (χ0v) is 13.4. The molecule has 1 aromatic heterocycles. The summed E-state index contributed by atoms with van der Waals surface area (Å²) in [7, 11) is 2.12. The lowest BCUT2D eigenvalue weighted by Crippen LogP contribution is -2.42. The Morgan fingerprint density at radius 3 is 2.89 bits per heavy atom. The van der Waals surface area contributed by atoms with Gasteiger partial charge in [0.15, 0.2) is 3.95 Å². The summed E-state index contributed by atoms with van der Waals surface area (Å²) in [6.07, 6.45) is 1.52. The quantitative estimate of drug-likeness (QED) is 0.851. The molecule has 0 radical (unpaired) electrons. The van der Waals surface area contributed by atoms with E-state index in [4.69, 9.17) is 12.2 Å². The van der Waals surface area contributed by atoms with Crippen LogP contribution in [0.2, 0.25) is 0 Å². The zero-order chi connectivity index (χ0) is 14.0. The van der Waals surface area contributed by atoms with Crippen LogP contribution < -0.4 is 0 Å². The van der Waals surface area contributed by atoms with Gasteiger partial charge >= 0.3 is 0 Å². The van der Waals surface area contributed by atoms with Gasteiger partial charge in [-0.05, 0) is 46.1 Å². The van der Waals surface area contributed by atoms with Crippen molar-refractivity contribution in [3.05, 3.63) is 14.5 Å². The number of hydrogen-bond acceptors (Lipinski definition) is 4. The molecule has 0 aromatic carbocycles. The minimum atomic E-state index is 0.219. The Hall–Kier alpha value is -0.720. The summed E-state index contributed by atoms with van der Waals surface area (Å²) in [5.41, 5.74) is 1.03. The predicted octanol–water partition coefficient (Wildman–Crippen LogP) is 2.21. The van der Waals surface area contributed by atoms with Crippen LogP contribution in [0.1, 0.15) is 23.9 Å². The molecule has 2 heterocycles. The molecule has 1 saturated heterocycles. The normalized spacial score (nSPS) is 21.4. The average molecular weight is 299 g/mol. The van der Waals surface area contributed by atoms with E-state index in [0.717, 1.165) is 40.6 Å². The maximum Gasteiger partial charge on any atom is 0.228 e. The molecule has 1 N–H and O–H groups in total. The second-order valence-corrected chi connectivity index (χ2v) is 7.06. The Bertz CT molecular complexity index is 508. The Kier molecular flexibility index (Phi) is 4.76. The SMILES string of the molecule is Cc1[nH]c(=S)sc1CC(=O)N1CCCN(C)CC1C. The summed E-state index contributed by atoms with van der Waals surface area (Å²) in [5.74, 6) is 0.219. The summed E-state index contributed by atoms with van der Waals surface area (Å²) in [5, 5.41) is 0. The van der Waals surface area contributed by atoms with Crippen molar-refractivity contribution in [3.63, 3.8) is 0 Å². The molecule has 4 nitrogen and oxygen atoms in total. The lowest BCUT2D eigenvalue weighted by molar-refractivity contribution is -0.132. The number of nitrogens with zero attached hydrogens (tertiary/aromatic N) is 2. The summed E-state index contributed by atoms with van der Waals surface area (Å²) in [6.45, 7) is 6.99. The van der Waals surface area contributed by atoms with Crippen LogP contribution in [-0.4, -0.2) is 53.4 Å². The highest BCUT2D eigenvalue weighted by atomic mass is 32.1. The Balaban J connectivity index is 2.06. The van der Waals surface area contributed by atoms with Crippen LogP contribution in [0, 0.1) is 10.9 Å². The highest BCUT2D eigenvalue weighted by Gasteiger charge is 2.24. The van der Waals surface area contributed by atoms with Crippen molar-refractivity contribution in [3.8, 4) is 0 Å². The van der Waals surface area contributed by atoms with Crippen molar-refractivity contribution < 1.29 is 4.79 Å². The van der Waals surface area contributed by atoms with Crippen LogP contribution in [0.4, 0.5) is 0 Å². The molecule has 1 atom stereocenters. The third kappa shape index (κ3) is 3.64. The van der Waals surface area contributed by atoms with Gasteiger partial charge in [0.25, 0.3) is 0 Å². The van der Waals surface area contributed by atoms with E-state index in [-0.39, 0.29) is 11.9 Å². The minimum absolute atomic E-state index is 0.219. The first-order valence-electron chi connectivity index (χ1n) is 6.64. The molecular formula is C13H21N3OS2. The van der Waals surface area contributed by atoms with E-state index in [2.05, 4.69) is 23.9 Å². The fourth-order valence-corrected chi connectivity index (χ4v) is 3.87. The van der Waals surface area contributed by atoms with E-state index in [9.17, 15) is 4.79 Å². The second kappa shape index (κ2) is 6.15. The Morgan fingerprint density at radius 2 is 2.26 bits per heavy atom. The van der Waals surface area contributed by atoms with Gasteiger partial charge < -0.3 is 14.8 Å². The standard InChI is InChI=1S/C13H21N3OS2/c1-9-8-15(3)5-4-6-16(9)12(17)7-11-10(2)14-13(18)19-11/h9H,4-8H2,1-3H3,(H,14,18). The molecule has 2 rings (SSSR count). The fraction of sp³-hybridized carbons (Fsp3) is 0.692. The van der Waals surface area contributed by atoms with E-state index in [1.54, 1.807) is 0 Å². The van der Waals surface area contributed by atoms with Crippen LogP contribution in [0.5, 0.6) is 0 Å². The molecule has 0 aliphatic carbocycles. The highest BCUT2D eigenvalue weighted by molar-refractivity contribution is 7.73. The maximum atomic E-state index is 12.5. The molecule has 1 aromatic rings. The Labute approximate surface area is 123 Å². The number of carbonyl (C=O) groups excluding carboxylic acids is 1. The zero-order valence-electron chi connectivity index (χ0n) is 11.7. The predicted molar refractivity (Wildman–Crippen MR) is 81.2 cm³/mol. The largest absolute Gasteiger partial charge is 0.341 e. The van der Waals surface area contributed by atoms with Gasteiger partial charge in [0.1, 0.15) is 0 Å². The molecule has 1 aliphatic rings. The van der Waals surface area contributed by atoms with Gasteiger partial charge in [-0.3, -0.25) is 4.79 Å². The van der Waals surface area contributed by atoms with Gasteiger partial charge in [0.05, 0.1) is 6.42 Å². The molecule has 0 saturated carbocycles. The number of thiazole rings is 1. The van der Waals surface area contributed by atoms with E-state index in [1.807, 2.05) is 11.8 Å². The average Bonchev–Trinajstić information content (AvgIpc) is 2.53. The molecule has 1 amide bonds. The fourth-order valence-electron chi connectivity index (χ4n) is 2.59. The number of rotatable bonds is 2. The van der Waals surface area contributed by atoms with Crippen LogP contribution in [0.15, 0.2) is 0 Å². The van der Waals surface area contributed by atoms with Crippen molar-refractivity contribution in [1.82, 2.24) is 14.8 Å². The van der Waals surface area contributed by atoms with Crippen LogP contribution in [0.25, 0.3) is 0 Å². The molecule has 1 unspecified atom stereocenters. The first-order chi connectivity index (χ1) is 8.97. The second-order valence-electron chi connectivity index (χ2n) is 5.29. The number of hydrogen-bond donors (Lipinski definition) is 1. The topological polar surface area (TPSA) is 39.3 Å². The van der Waals surface area contributed by atoms with Crippen molar-refractivity contribution in [2.24, 2.45) is 0 Å². The molecule has 106 valence electrons. The monoisotopic (exact) mass is 299 g/mol. The van der Waals surface area contributed by atoms with Gasteiger partial charge in [-0.2, -0.15) is 0 Å². The summed E-state index contributed by atoms with van der Waals surface area (Å²) in [6, 6.07) is 0.284. The summed E-state index contributed by atoms with van der Waals surface area (Å²) in [4.78, 5) is 20.9. The van der Waals surface area contributed by atoms with Gasteiger partial charge in [0.2, 0.25) is 5.91 Å². The number of nitrogens with one attached hydrogen (secondary N) is 1. The number of aromatic amines is 1. The molecule has 1 fully saturated rings. The third-order valence-corrected chi connectivity index (χ3v) is 4.94. The van der Waals surface area contributed by atoms with Crippen molar-refractivity contribution in [1.29, 1.82) is 0 Å². The Morgan fingerprint density at radius 1 is 1.53 bits per heavy atom. The molecule has 19 heavy (non-hydrogen) atoms. The number of amides is 1. The lowest BCUT2D eigenvalue weighted by Gasteiger charge is -2.28.